The van der Waals surface area contributed by atoms with Crippen LogP contribution in [0.1, 0.15) is 39.5 Å². The van der Waals surface area contributed by atoms with E-state index in [0.717, 1.165) is 45.1 Å². The van der Waals surface area contributed by atoms with Crippen LogP contribution in [0.2, 0.25) is 0 Å². The summed E-state index contributed by atoms with van der Waals surface area (Å²) >= 11 is 0. The molecule has 1 rings (SSSR count). The van der Waals surface area contributed by atoms with Crippen LogP contribution in [0, 0.1) is 11.8 Å². The van der Waals surface area contributed by atoms with Crippen molar-refractivity contribution in [2.24, 2.45) is 11.8 Å². The van der Waals surface area contributed by atoms with E-state index in [1.165, 1.54) is 12.8 Å². The zero-order chi connectivity index (χ0) is 11.8. The summed E-state index contributed by atoms with van der Waals surface area (Å²) in [7, 11) is 0. The van der Waals surface area contributed by atoms with Crippen LogP contribution in [-0.4, -0.2) is 37.5 Å². The lowest BCUT2D eigenvalue weighted by Crippen LogP contribution is -2.37. The van der Waals surface area contributed by atoms with E-state index in [1.807, 2.05) is 0 Å². The van der Waals surface area contributed by atoms with E-state index >= 15 is 0 Å². The molecule has 0 aliphatic carbocycles. The maximum atomic E-state index is 10.0. The first-order valence-corrected chi connectivity index (χ1v) is 6.74. The fourth-order valence-electron chi connectivity index (χ4n) is 2.28. The molecular formula is C13H27NO2. The van der Waals surface area contributed by atoms with Crippen LogP contribution < -0.4 is 5.32 Å². The zero-order valence-electron chi connectivity index (χ0n) is 10.7. The highest BCUT2D eigenvalue weighted by molar-refractivity contribution is 4.74. The summed E-state index contributed by atoms with van der Waals surface area (Å²) in [6.07, 6.45) is 4.26. The highest BCUT2D eigenvalue weighted by Crippen LogP contribution is 2.18. The molecule has 3 nitrogen and oxygen atoms in total. The molecule has 0 aromatic carbocycles. The van der Waals surface area contributed by atoms with Crippen molar-refractivity contribution in [2.45, 2.75) is 45.6 Å². The Morgan fingerprint density at radius 1 is 1.19 bits per heavy atom. The van der Waals surface area contributed by atoms with Gasteiger partial charge in [-0.15, -0.1) is 0 Å². The maximum absolute atomic E-state index is 10.0. The van der Waals surface area contributed by atoms with Crippen LogP contribution in [0.3, 0.4) is 0 Å². The molecular weight excluding hydrogens is 202 g/mol. The van der Waals surface area contributed by atoms with Crippen LogP contribution in [0.4, 0.5) is 0 Å². The van der Waals surface area contributed by atoms with Crippen molar-refractivity contribution in [1.29, 1.82) is 0 Å². The molecule has 1 saturated heterocycles. The number of ether oxygens (including phenoxy) is 1. The predicted molar refractivity (Wildman–Crippen MR) is 66.5 cm³/mol. The Labute approximate surface area is 99.6 Å². The van der Waals surface area contributed by atoms with E-state index in [4.69, 9.17) is 4.74 Å². The molecule has 1 unspecified atom stereocenters. The molecule has 0 spiro atoms. The first-order chi connectivity index (χ1) is 7.77. The van der Waals surface area contributed by atoms with Crippen molar-refractivity contribution in [3.05, 3.63) is 0 Å². The molecule has 0 saturated carbocycles. The van der Waals surface area contributed by atoms with Gasteiger partial charge in [0.05, 0.1) is 6.10 Å². The van der Waals surface area contributed by atoms with Crippen LogP contribution >= 0.6 is 0 Å². The number of hydrogen-bond acceptors (Lipinski definition) is 3. The summed E-state index contributed by atoms with van der Waals surface area (Å²) in [6, 6.07) is 0. The zero-order valence-corrected chi connectivity index (χ0v) is 10.7. The number of rotatable bonds is 7. The van der Waals surface area contributed by atoms with Gasteiger partial charge < -0.3 is 15.2 Å². The van der Waals surface area contributed by atoms with Crippen LogP contribution in [0.5, 0.6) is 0 Å². The highest BCUT2D eigenvalue weighted by atomic mass is 16.5. The first kappa shape index (κ1) is 13.9. The summed E-state index contributed by atoms with van der Waals surface area (Å²) in [5.41, 5.74) is 0. The van der Waals surface area contributed by atoms with E-state index in [-0.39, 0.29) is 6.10 Å². The van der Waals surface area contributed by atoms with Crippen molar-refractivity contribution >= 4 is 0 Å². The highest BCUT2D eigenvalue weighted by Gasteiger charge is 2.21. The molecule has 1 atom stereocenters. The minimum Gasteiger partial charge on any atom is -0.392 e. The molecule has 1 heterocycles. The summed E-state index contributed by atoms with van der Waals surface area (Å²) < 4.78 is 5.30. The van der Waals surface area contributed by atoms with Gasteiger partial charge in [0, 0.05) is 19.8 Å². The average molecular weight is 229 g/mol. The monoisotopic (exact) mass is 229 g/mol. The van der Waals surface area contributed by atoms with Gasteiger partial charge >= 0.3 is 0 Å². The smallest absolute Gasteiger partial charge is 0.0694 e. The fraction of sp³-hybridized carbons (Fsp3) is 1.00. The van der Waals surface area contributed by atoms with Crippen molar-refractivity contribution in [3.8, 4) is 0 Å². The number of aliphatic hydroxyl groups excluding tert-OH is 1. The largest absolute Gasteiger partial charge is 0.392 e. The van der Waals surface area contributed by atoms with Gasteiger partial charge in [-0.2, -0.15) is 0 Å². The van der Waals surface area contributed by atoms with Gasteiger partial charge in [0.1, 0.15) is 0 Å². The van der Waals surface area contributed by atoms with Gasteiger partial charge in [0.15, 0.2) is 0 Å². The average Bonchev–Trinajstić information content (AvgIpc) is 2.35. The molecule has 0 radical (unpaired) electrons. The van der Waals surface area contributed by atoms with Crippen molar-refractivity contribution in [2.75, 3.05) is 26.3 Å². The second-order valence-corrected chi connectivity index (χ2v) is 4.86. The molecule has 1 aliphatic heterocycles. The second kappa shape index (κ2) is 8.04. The second-order valence-electron chi connectivity index (χ2n) is 4.86. The van der Waals surface area contributed by atoms with E-state index in [9.17, 15) is 5.11 Å². The molecule has 1 aliphatic rings. The topological polar surface area (TPSA) is 41.5 Å². The Morgan fingerprint density at radius 3 is 2.38 bits per heavy atom. The van der Waals surface area contributed by atoms with Gasteiger partial charge in [0.25, 0.3) is 0 Å². The number of aliphatic hydroxyl groups is 1. The summed E-state index contributed by atoms with van der Waals surface area (Å²) in [4.78, 5) is 0. The lowest BCUT2D eigenvalue weighted by Gasteiger charge is -2.27. The Hall–Kier alpha value is -0.120. The quantitative estimate of drug-likeness (QED) is 0.699. The van der Waals surface area contributed by atoms with Gasteiger partial charge in [-0.25, -0.2) is 0 Å². The van der Waals surface area contributed by atoms with Crippen molar-refractivity contribution < 1.29 is 9.84 Å². The standard InChI is InChI=1S/C13H27NO2/c1-3-11(4-2)9-14-10-13(15)12-5-7-16-8-6-12/h11-15H,3-10H2,1-2H3. The Kier molecular flexibility index (Phi) is 7.01. The minimum atomic E-state index is -0.196. The van der Waals surface area contributed by atoms with E-state index in [1.54, 1.807) is 0 Å². The molecule has 2 N–H and O–H groups in total. The van der Waals surface area contributed by atoms with Crippen LogP contribution in [0.25, 0.3) is 0 Å². The summed E-state index contributed by atoms with van der Waals surface area (Å²) in [6.45, 7) is 7.85. The van der Waals surface area contributed by atoms with Gasteiger partial charge in [-0.3, -0.25) is 0 Å². The van der Waals surface area contributed by atoms with E-state index < -0.39 is 0 Å². The first-order valence-electron chi connectivity index (χ1n) is 6.74. The molecule has 0 amide bonds. The normalized spacial score (nSPS) is 20.2. The lowest BCUT2D eigenvalue weighted by molar-refractivity contribution is 0.00829. The molecule has 16 heavy (non-hydrogen) atoms. The SMILES string of the molecule is CCC(CC)CNCC(O)C1CCOCC1. The number of nitrogens with one attached hydrogen (secondary N) is 1. The Balaban J connectivity index is 2.11. The molecule has 0 aromatic heterocycles. The molecule has 0 aromatic rings. The van der Waals surface area contributed by atoms with Gasteiger partial charge in [0.2, 0.25) is 0 Å². The predicted octanol–water partition coefficient (Wildman–Crippen LogP) is 1.80. The lowest BCUT2D eigenvalue weighted by atomic mass is 9.93. The Bertz CT molecular complexity index is 165. The minimum absolute atomic E-state index is 0.196. The van der Waals surface area contributed by atoms with Gasteiger partial charge in [-0.1, -0.05) is 26.7 Å². The van der Waals surface area contributed by atoms with Gasteiger partial charge in [-0.05, 0) is 31.2 Å². The van der Waals surface area contributed by atoms with Crippen LogP contribution in [-0.2, 0) is 4.74 Å². The molecule has 0 bridgehead atoms. The van der Waals surface area contributed by atoms with Crippen LogP contribution in [0.15, 0.2) is 0 Å². The third kappa shape index (κ3) is 4.81. The van der Waals surface area contributed by atoms with E-state index in [2.05, 4.69) is 19.2 Å². The third-order valence-electron chi connectivity index (χ3n) is 3.75. The molecule has 1 fully saturated rings. The molecule has 3 heteroatoms. The third-order valence-corrected chi connectivity index (χ3v) is 3.75. The number of hydrogen-bond donors (Lipinski definition) is 2. The van der Waals surface area contributed by atoms with Crippen molar-refractivity contribution in [1.82, 2.24) is 5.32 Å². The Morgan fingerprint density at radius 2 is 1.81 bits per heavy atom. The molecule has 96 valence electrons. The fourth-order valence-corrected chi connectivity index (χ4v) is 2.28. The van der Waals surface area contributed by atoms with E-state index in [0.29, 0.717) is 5.92 Å². The maximum Gasteiger partial charge on any atom is 0.0694 e. The summed E-state index contributed by atoms with van der Waals surface area (Å²) in [5, 5.41) is 13.4. The van der Waals surface area contributed by atoms with Crippen molar-refractivity contribution in [3.63, 3.8) is 0 Å². The summed E-state index contributed by atoms with van der Waals surface area (Å²) in [5.74, 6) is 1.19.